The number of anilines is 1. The fraction of sp³-hybridized carbons (Fsp3) is 0.364. The summed E-state index contributed by atoms with van der Waals surface area (Å²) in [5, 5.41) is 0.967. The molecule has 0 saturated carbocycles. The molecule has 4 rings (SSSR count). The summed E-state index contributed by atoms with van der Waals surface area (Å²) >= 11 is 1.45. The van der Waals surface area contributed by atoms with E-state index in [9.17, 15) is 8.42 Å². The number of hydrogen-bond donors (Lipinski definition) is 1. The molecule has 1 N–H and O–H groups in total. The Morgan fingerprint density at radius 3 is 2.23 bits per heavy atom. The summed E-state index contributed by atoms with van der Waals surface area (Å²) in [5.41, 5.74) is 2.01. The first-order chi connectivity index (χ1) is 15.1. The zero-order chi connectivity index (χ0) is 21.5. The summed E-state index contributed by atoms with van der Waals surface area (Å²) in [7, 11) is -3.32. The molecule has 1 fully saturated rings. The van der Waals surface area contributed by atoms with Gasteiger partial charge < -0.3 is 4.90 Å². The summed E-state index contributed by atoms with van der Waals surface area (Å²) in [6, 6.07) is 19.5. The van der Waals surface area contributed by atoms with E-state index in [-0.39, 0.29) is 5.75 Å². The van der Waals surface area contributed by atoms with Crippen LogP contribution in [0.4, 0.5) is 5.13 Å². The van der Waals surface area contributed by atoms with Crippen molar-refractivity contribution in [3.8, 4) is 0 Å². The highest BCUT2D eigenvalue weighted by Gasteiger charge is 2.20. The molecule has 2 heterocycles. The summed E-state index contributed by atoms with van der Waals surface area (Å²) in [6.45, 7) is 4.64. The maximum absolute atomic E-state index is 12.3. The molecule has 0 amide bonds. The predicted molar refractivity (Wildman–Crippen MR) is 125 cm³/mol. The molecule has 0 radical (unpaired) electrons. The van der Waals surface area contributed by atoms with Gasteiger partial charge in [0.2, 0.25) is 15.2 Å². The van der Waals surface area contributed by atoms with Crippen molar-refractivity contribution >= 4 is 26.7 Å². The molecule has 3 aromatic rings. The highest BCUT2D eigenvalue weighted by molar-refractivity contribution is 7.88. The Labute approximate surface area is 188 Å². The zero-order valence-corrected chi connectivity index (χ0v) is 19.0. The minimum atomic E-state index is -3.32. The van der Waals surface area contributed by atoms with E-state index in [1.165, 1.54) is 17.1 Å². The summed E-state index contributed by atoms with van der Waals surface area (Å²) in [4.78, 5) is 9.26. The molecule has 0 bridgehead atoms. The van der Waals surface area contributed by atoms with Crippen LogP contribution in [-0.2, 0) is 22.2 Å². The van der Waals surface area contributed by atoms with Crippen LogP contribution >= 0.6 is 11.5 Å². The van der Waals surface area contributed by atoms with Crippen molar-refractivity contribution in [3.05, 3.63) is 77.6 Å². The van der Waals surface area contributed by atoms with Crippen molar-refractivity contribution < 1.29 is 8.42 Å². The first-order valence-corrected chi connectivity index (χ1v) is 12.8. The molecule has 1 aliphatic rings. The van der Waals surface area contributed by atoms with E-state index in [0.717, 1.165) is 49.1 Å². The van der Waals surface area contributed by atoms with Gasteiger partial charge in [-0.3, -0.25) is 4.90 Å². The molecule has 0 aliphatic carbocycles. The van der Waals surface area contributed by atoms with E-state index in [4.69, 9.17) is 4.98 Å². The Morgan fingerprint density at radius 2 is 1.55 bits per heavy atom. The Bertz CT molecular complexity index is 1050. The van der Waals surface area contributed by atoms with Gasteiger partial charge in [0.05, 0.1) is 5.75 Å². The molecule has 7 nitrogen and oxygen atoms in total. The molecule has 0 spiro atoms. The van der Waals surface area contributed by atoms with E-state index in [0.29, 0.717) is 13.1 Å². The van der Waals surface area contributed by atoms with Gasteiger partial charge >= 0.3 is 0 Å². The van der Waals surface area contributed by atoms with Gasteiger partial charge in [-0.2, -0.15) is 4.37 Å². The second-order valence-corrected chi connectivity index (χ2v) is 10.2. The molecular weight excluding hydrogens is 430 g/mol. The molecule has 0 atom stereocenters. The minimum Gasteiger partial charge on any atom is -0.344 e. The maximum Gasteiger partial charge on any atom is 0.215 e. The third kappa shape index (κ3) is 6.57. The van der Waals surface area contributed by atoms with E-state index in [1.54, 1.807) is 0 Å². The first kappa shape index (κ1) is 21.9. The van der Waals surface area contributed by atoms with Crippen LogP contribution in [0.15, 0.2) is 60.7 Å². The average molecular weight is 458 g/mol. The Morgan fingerprint density at radius 1 is 0.903 bits per heavy atom. The number of sulfonamides is 1. The smallest absolute Gasteiger partial charge is 0.215 e. The van der Waals surface area contributed by atoms with E-state index >= 15 is 0 Å². The van der Waals surface area contributed by atoms with E-state index in [1.807, 2.05) is 48.5 Å². The number of nitrogens with one attached hydrogen (secondary N) is 1. The predicted octanol–water partition coefficient (Wildman–Crippen LogP) is 2.37. The topological polar surface area (TPSA) is 78.4 Å². The van der Waals surface area contributed by atoms with Crippen molar-refractivity contribution in [1.29, 1.82) is 0 Å². The van der Waals surface area contributed by atoms with Gasteiger partial charge in [0.15, 0.2) is 0 Å². The molecule has 1 aromatic heterocycles. The third-order valence-corrected chi connectivity index (χ3v) is 7.43. The van der Waals surface area contributed by atoms with Crippen LogP contribution < -0.4 is 9.62 Å². The lowest BCUT2D eigenvalue weighted by Gasteiger charge is -2.34. The van der Waals surface area contributed by atoms with Gasteiger partial charge in [-0.15, -0.1) is 0 Å². The second-order valence-electron chi connectivity index (χ2n) is 7.62. The van der Waals surface area contributed by atoms with Crippen LogP contribution in [0.5, 0.6) is 0 Å². The molecule has 164 valence electrons. The van der Waals surface area contributed by atoms with Crippen LogP contribution in [0.2, 0.25) is 0 Å². The molecule has 0 unspecified atom stereocenters. The molecule has 31 heavy (non-hydrogen) atoms. The van der Waals surface area contributed by atoms with Crippen LogP contribution in [0.1, 0.15) is 17.0 Å². The maximum atomic E-state index is 12.3. The third-order valence-electron chi connectivity index (χ3n) is 5.25. The normalized spacial score (nSPS) is 15.3. The number of rotatable bonds is 9. The number of hydrogen-bond acceptors (Lipinski definition) is 7. The molecular formula is C22H27N5O2S2. The van der Waals surface area contributed by atoms with Crippen LogP contribution in [0, 0.1) is 0 Å². The Balaban J connectivity index is 1.20. The van der Waals surface area contributed by atoms with Gasteiger partial charge in [-0.05, 0) is 11.1 Å². The van der Waals surface area contributed by atoms with Gasteiger partial charge in [-0.25, -0.2) is 18.1 Å². The van der Waals surface area contributed by atoms with Crippen LogP contribution in [0.3, 0.4) is 0 Å². The number of nitrogens with zero attached hydrogens (tertiary/aromatic N) is 4. The van der Waals surface area contributed by atoms with E-state index < -0.39 is 10.0 Å². The fourth-order valence-electron chi connectivity index (χ4n) is 3.59. The monoisotopic (exact) mass is 457 g/mol. The van der Waals surface area contributed by atoms with Gasteiger partial charge in [0.1, 0.15) is 5.82 Å². The van der Waals surface area contributed by atoms with Gasteiger partial charge in [-0.1, -0.05) is 60.7 Å². The van der Waals surface area contributed by atoms with E-state index in [2.05, 4.69) is 31.0 Å². The Hall–Kier alpha value is -2.33. The van der Waals surface area contributed by atoms with Gasteiger partial charge in [0.25, 0.3) is 0 Å². The second kappa shape index (κ2) is 10.3. The standard InChI is InChI=1S/C22H27N5O2S2/c28-31(29,18-20-9-5-2-6-10-20)23-11-12-26-13-15-27(16-14-26)22-24-21(25-30-22)17-19-7-3-1-4-8-19/h1-10,23H,11-18H2. The summed E-state index contributed by atoms with van der Waals surface area (Å²) in [5.74, 6) is 0.880. The lowest BCUT2D eigenvalue weighted by Crippen LogP contribution is -2.48. The fourth-order valence-corrected chi connectivity index (χ4v) is 5.46. The highest BCUT2D eigenvalue weighted by Crippen LogP contribution is 2.20. The lowest BCUT2D eigenvalue weighted by atomic mass is 10.1. The zero-order valence-electron chi connectivity index (χ0n) is 17.4. The first-order valence-electron chi connectivity index (χ1n) is 10.4. The molecule has 1 aliphatic heterocycles. The number of aromatic nitrogens is 2. The van der Waals surface area contributed by atoms with Crippen molar-refractivity contribution in [2.75, 3.05) is 44.2 Å². The average Bonchev–Trinajstić information content (AvgIpc) is 3.24. The van der Waals surface area contributed by atoms with Crippen LogP contribution in [0.25, 0.3) is 0 Å². The minimum absolute atomic E-state index is 0.0178. The SMILES string of the molecule is O=S(=O)(Cc1ccccc1)NCCN1CCN(c2nc(Cc3ccccc3)ns2)CC1. The largest absolute Gasteiger partial charge is 0.344 e. The number of piperazine rings is 1. The van der Waals surface area contributed by atoms with Crippen molar-refractivity contribution in [1.82, 2.24) is 19.0 Å². The number of benzene rings is 2. The molecule has 1 saturated heterocycles. The van der Waals surface area contributed by atoms with Crippen molar-refractivity contribution in [2.45, 2.75) is 12.2 Å². The van der Waals surface area contributed by atoms with Crippen molar-refractivity contribution in [3.63, 3.8) is 0 Å². The Kier molecular flexibility index (Phi) is 7.29. The lowest BCUT2D eigenvalue weighted by molar-refractivity contribution is 0.262. The quantitative estimate of drug-likeness (QED) is 0.532. The summed E-state index contributed by atoms with van der Waals surface area (Å²) < 4.78 is 31.8. The summed E-state index contributed by atoms with van der Waals surface area (Å²) in [6.07, 6.45) is 0.750. The van der Waals surface area contributed by atoms with Crippen molar-refractivity contribution in [2.24, 2.45) is 0 Å². The molecule has 2 aromatic carbocycles. The highest BCUT2D eigenvalue weighted by atomic mass is 32.2. The molecule has 9 heteroatoms. The van der Waals surface area contributed by atoms with Gasteiger partial charge in [0, 0.05) is 57.2 Å². The van der Waals surface area contributed by atoms with Crippen LogP contribution in [-0.4, -0.2) is 61.9 Å².